The molecule has 2 fully saturated rings. The monoisotopic (exact) mass is 227 g/mol. The van der Waals surface area contributed by atoms with E-state index in [2.05, 4.69) is 5.32 Å². The Morgan fingerprint density at radius 3 is 2.60 bits per heavy atom. The number of nitrogens with one attached hydrogen (secondary N) is 1. The van der Waals surface area contributed by atoms with Crippen molar-refractivity contribution in [2.24, 2.45) is 11.8 Å². The van der Waals surface area contributed by atoms with Gasteiger partial charge < -0.3 is 10.1 Å². The molecule has 1 aliphatic heterocycles. The molecular formula is C12H21NOS. The smallest absolute Gasteiger partial charge is 0.176 e. The van der Waals surface area contributed by atoms with Crippen molar-refractivity contribution in [2.45, 2.75) is 44.6 Å². The first-order valence-corrected chi connectivity index (χ1v) is 6.53. The number of rotatable bonds is 2. The first-order valence-electron chi connectivity index (χ1n) is 6.12. The van der Waals surface area contributed by atoms with E-state index in [0.29, 0.717) is 6.04 Å². The number of ether oxygens (including phenoxy) is 1. The standard InChI is InChI=1S/C12H21NOS/c1-14-12(15)11-7-10(8-13-11)9-5-3-2-4-6-9/h9-11,13H,2-8H2,1H3/t10-,11-/m0/s1. The summed E-state index contributed by atoms with van der Waals surface area (Å²) in [6, 6.07) is 0.330. The highest BCUT2D eigenvalue weighted by Gasteiger charge is 2.33. The molecule has 0 bridgehead atoms. The molecule has 0 aromatic rings. The summed E-state index contributed by atoms with van der Waals surface area (Å²) in [4.78, 5) is 0. The molecule has 1 saturated heterocycles. The Hall–Kier alpha value is -0.150. The van der Waals surface area contributed by atoms with Gasteiger partial charge in [0, 0.05) is 0 Å². The summed E-state index contributed by atoms with van der Waals surface area (Å²) >= 11 is 5.18. The molecule has 0 unspecified atom stereocenters. The Kier molecular flexibility index (Phi) is 3.98. The number of hydrogen-bond donors (Lipinski definition) is 1. The van der Waals surface area contributed by atoms with Gasteiger partial charge in [0.25, 0.3) is 0 Å². The average molecular weight is 227 g/mol. The molecule has 2 aliphatic rings. The molecule has 2 rings (SSSR count). The lowest BCUT2D eigenvalue weighted by atomic mass is 9.79. The Balaban J connectivity index is 1.83. The van der Waals surface area contributed by atoms with E-state index in [1.54, 1.807) is 7.11 Å². The molecule has 0 amide bonds. The van der Waals surface area contributed by atoms with Gasteiger partial charge in [-0.3, -0.25) is 0 Å². The van der Waals surface area contributed by atoms with Crippen LogP contribution in [0.3, 0.4) is 0 Å². The summed E-state index contributed by atoms with van der Waals surface area (Å²) in [7, 11) is 1.68. The van der Waals surface area contributed by atoms with Crippen LogP contribution in [0.15, 0.2) is 0 Å². The van der Waals surface area contributed by atoms with E-state index in [1.165, 1.54) is 38.5 Å². The van der Waals surface area contributed by atoms with Crippen molar-refractivity contribution < 1.29 is 4.74 Å². The fourth-order valence-electron chi connectivity index (χ4n) is 3.05. The Morgan fingerprint density at radius 2 is 1.93 bits per heavy atom. The van der Waals surface area contributed by atoms with Crippen molar-refractivity contribution in [3.8, 4) is 0 Å². The van der Waals surface area contributed by atoms with Gasteiger partial charge in [0.2, 0.25) is 0 Å². The van der Waals surface area contributed by atoms with E-state index in [4.69, 9.17) is 17.0 Å². The van der Waals surface area contributed by atoms with E-state index < -0.39 is 0 Å². The summed E-state index contributed by atoms with van der Waals surface area (Å²) in [6.45, 7) is 1.14. The molecule has 2 atom stereocenters. The average Bonchev–Trinajstić information content (AvgIpc) is 2.78. The molecule has 1 N–H and O–H groups in total. The molecule has 15 heavy (non-hydrogen) atoms. The second kappa shape index (κ2) is 5.26. The van der Waals surface area contributed by atoms with Gasteiger partial charge in [0.05, 0.1) is 13.2 Å². The SMILES string of the molecule is COC(=S)[C@@H]1C[C@H](C2CCCCC2)CN1. The highest BCUT2D eigenvalue weighted by atomic mass is 32.1. The molecular weight excluding hydrogens is 206 g/mol. The minimum absolute atomic E-state index is 0.330. The third kappa shape index (κ3) is 2.70. The zero-order valence-corrected chi connectivity index (χ0v) is 10.3. The third-order valence-corrected chi connectivity index (χ3v) is 4.42. The van der Waals surface area contributed by atoms with Gasteiger partial charge in [-0.1, -0.05) is 32.1 Å². The van der Waals surface area contributed by atoms with E-state index in [-0.39, 0.29) is 0 Å². The Morgan fingerprint density at radius 1 is 1.20 bits per heavy atom. The molecule has 1 aliphatic carbocycles. The fourth-order valence-corrected chi connectivity index (χ4v) is 3.23. The maximum atomic E-state index is 5.18. The van der Waals surface area contributed by atoms with Crippen LogP contribution in [0.25, 0.3) is 0 Å². The van der Waals surface area contributed by atoms with Crippen LogP contribution >= 0.6 is 12.2 Å². The molecule has 86 valence electrons. The lowest BCUT2D eigenvalue weighted by molar-refractivity contribution is 0.261. The van der Waals surface area contributed by atoms with Gasteiger partial charge in [-0.05, 0) is 37.0 Å². The van der Waals surface area contributed by atoms with E-state index in [1.807, 2.05) is 0 Å². The molecule has 0 radical (unpaired) electrons. The zero-order chi connectivity index (χ0) is 10.7. The quantitative estimate of drug-likeness (QED) is 0.732. The summed E-state index contributed by atoms with van der Waals surface area (Å²) in [6.07, 6.45) is 8.35. The van der Waals surface area contributed by atoms with E-state index in [9.17, 15) is 0 Å². The van der Waals surface area contributed by atoms with Crippen molar-refractivity contribution in [1.82, 2.24) is 5.32 Å². The van der Waals surface area contributed by atoms with Crippen molar-refractivity contribution in [1.29, 1.82) is 0 Å². The van der Waals surface area contributed by atoms with Gasteiger partial charge in [-0.15, -0.1) is 0 Å². The molecule has 1 saturated carbocycles. The van der Waals surface area contributed by atoms with Crippen molar-refractivity contribution in [3.05, 3.63) is 0 Å². The van der Waals surface area contributed by atoms with Crippen LogP contribution in [-0.2, 0) is 4.74 Å². The highest BCUT2D eigenvalue weighted by molar-refractivity contribution is 7.80. The molecule has 2 nitrogen and oxygen atoms in total. The summed E-state index contributed by atoms with van der Waals surface area (Å²) in [5, 5.41) is 4.23. The van der Waals surface area contributed by atoms with Crippen LogP contribution in [0.1, 0.15) is 38.5 Å². The Bertz CT molecular complexity index is 226. The fraction of sp³-hybridized carbons (Fsp3) is 0.917. The zero-order valence-electron chi connectivity index (χ0n) is 9.50. The number of thiocarbonyl (C=S) groups is 1. The van der Waals surface area contributed by atoms with Gasteiger partial charge >= 0.3 is 0 Å². The molecule has 3 heteroatoms. The van der Waals surface area contributed by atoms with Gasteiger partial charge in [-0.25, -0.2) is 0 Å². The number of methoxy groups -OCH3 is 1. The summed E-state index contributed by atoms with van der Waals surface area (Å²) < 4.78 is 5.14. The lowest BCUT2D eigenvalue weighted by Crippen LogP contribution is -2.30. The Labute approximate surface area is 97.8 Å². The maximum absolute atomic E-state index is 5.18. The second-order valence-electron chi connectivity index (χ2n) is 4.88. The second-order valence-corrected chi connectivity index (χ2v) is 5.28. The molecule has 0 aromatic heterocycles. The van der Waals surface area contributed by atoms with Crippen LogP contribution < -0.4 is 5.32 Å². The van der Waals surface area contributed by atoms with Crippen molar-refractivity contribution in [2.75, 3.05) is 13.7 Å². The van der Waals surface area contributed by atoms with Crippen LogP contribution in [0, 0.1) is 11.8 Å². The summed E-state index contributed by atoms with van der Waals surface area (Å²) in [5.41, 5.74) is 0. The largest absolute Gasteiger partial charge is 0.489 e. The minimum atomic E-state index is 0.330. The first-order chi connectivity index (χ1) is 7.31. The molecule has 0 aromatic carbocycles. The third-order valence-electron chi connectivity index (χ3n) is 3.97. The normalized spacial score (nSPS) is 32.9. The highest BCUT2D eigenvalue weighted by Crippen LogP contribution is 2.34. The van der Waals surface area contributed by atoms with Crippen LogP contribution in [0.5, 0.6) is 0 Å². The summed E-state index contributed by atoms with van der Waals surface area (Å²) in [5.74, 6) is 1.78. The van der Waals surface area contributed by atoms with Gasteiger partial charge in [0.1, 0.15) is 0 Å². The van der Waals surface area contributed by atoms with Crippen molar-refractivity contribution >= 4 is 17.3 Å². The van der Waals surface area contributed by atoms with Crippen LogP contribution in [0.2, 0.25) is 0 Å². The number of hydrogen-bond acceptors (Lipinski definition) is 3. The predicted octanol–water partition coefficient (Wildman–Crippen LogP) is 2.52. The molecule has 1 heterocycles. The maximum Gasteiger partial charge on any atom is 0.176 e. The van der Waals surface area contributed by atoms with Crippen LogP contribution in [-0.4, -0.2) is 24.7 Å². The van der Waals surface area contributed by atoms with E-state index >= 15 is 0 Å². The predicted molar refractivity (Wildman–Crippen MR) is 66.1 cm³/mol. The van der Waals surface area contributed by atoms with Crippen LogP contribution in [0.4, 0.5) is 0 Å². The van der Waals surface area contributed by atoms with E-state index in [0.717, 1.165) is 23.4 Å². The topological polar surface area (TPSA) is 21.3 Å². The lowest BCUT2D eigenvalue weighted by Gasteiger charge is -2.26. The van der Waals surface area contributed by atoms with Crippen molar-refractivity contribution in [3.63, 3.8) is 0 Å². The van der Waals surface area contributed by atoms with Gasteiger partial charge in [0.15, 0.2) is 5.05 Å². The first kappa shape index (κ1) is 11.3. The minimum Gasteiger partial charge on any atom is -0.489 e. The van der Waals surface area contributed by atoms with Gasteiger partial charge in [-0.2, -0.15) is 0 Å². The molecule has 0 spiro atoms.